The number of rotatable bonds is 3. The van der Waals surface area contributed by atoms with Crippen LogP contribution in [0.1, 0.15) is 85.5 Å². The Kier molecular flexibility index (Phi) is 5.33. The Morgan fingerprint density at radius 1 is 1.05 bits per heavy atom. The molecule has 2 fully saturated rings. The largest absolute Gasteiger partial charge is 0.313 e. The first kappa shape index (κ1) is 17.2. The second kappa shape index (κ2) is 6.52. The maximum Gasteiger partial charge on any atom is 0.255 e. The fourth-order valence-electron chi connectivity index (χ4n) is 5.10. The van der Waals surface area contributed by atoms with Crippen molar-refractivity contribution in [1.82, 2.24) is 0 Å². The molecule has 0 radical (unpaired) electrons. The molecule has 0 aromatic carbocycles. The van der Waals surface area contributed by atoms with Gasteiger partial charge < -0.3 is 4.11 Å². The van der Waals surface area contributed by atoms with Crippen LogP contribution < -0.4 is 0 Å². The lowest BCUT2D eigenvalue weighted by Crippen LogP contribution is -2.41. The summed E-state index contributed by atoms with van der Waals surface area (Å²) in [4.78, 5) is 12.7. The van der Waals surface area contributed by atoms with Crippen molar-refractivity contribution in [3.8, 4) is 0 Å². The van der Waals surface area contributed by atoms with Gasteiger partial charge in [0.15, 0.2) is 0 Å². The summed E-state index contributed by atoms with van der Waals surface area (Å²) in [6.45, 7) is 8.27. The van der Waals surface area contributed by atoms with Crippen molar-refractivity contribution in [3.05, 3.63) is 0 Å². The summed E-state index contributed by atoms with van der Waals surface area (Å²) in [6, 6.07) is 0. The molecule has 2 aliphatic carbocycles. The van der Waals surface area contributed by atoms with Gasteiger partial charge in [-0.2, -0.15) is 0 Å². The van der Waals surface area contributed by atoms with Gasteiger partial charge in [0.2, 0.25) is 0 Å². The molecule has 0 aliphatic heterocycles. The summed E-state index contributed by atoms with van der Waals surface area (Å²) < 4.78 is 15.8. The fraction of sp³-hybridized carbons (Fsp3) is 0.944. The predicted molar refractivity (Wildman–Crippen MR) is 89.8 cm³/mol. The Labute approximate surface area is 131 Å². The van der Waals surface area contributed by atoms with Crippen molar-refractivity contribution in [3.63, 3.8) is 0 Å². The Balaban J connectivity index is 2.19. The molecule has 0 aromatic heterocycles. The van der Waals surface area contributed by atoms with Crippen LogP contribution in [0.25, 0.3) is 0 Å². The first-order valence-electron chi connectivity index (χ1n) is 9.05. The van der Waals surface area contributed by atoms with E-state index in [4.69, 9.17) is 0 Å². The summed E-state index contributed by atoms with van der Waals surface area (Å²) in [5.41, 5.74) is 0.405. The highest BCUT2D eigenvalue weighted by molar-refractivity contribution is 6.77. The standard InChI is InChI=1S/C18H33FOSi/c1-14(2)21(19,15(3)4)16-10-12-18(13-16)11-8-6-5-7-9-17(18)20/h14-16H,5-13H2,1-4H3/t16-,18-/m1/s1. The minimum atomic E-state index is -2.79. The van der Waals surface area contributed by atoms with E-state index in [9.17, 15) is 4.79 Å². The Morgan fingerprint density at radius 3 is 2.29 bits per heavy atom. The molecule has 3 heteroatoms. The molecule has 0 unspecified atom stereocenters. The second-order valence-corrected chi connectivity index (χ2v) is 13.0. The third-order valence-corrected chi connectivity index (χ3v) is 11.7. The lowest BCUT2D eigenvalue weighted by Gasteiger charge is -2.37. The first-order chi connectivity index (χ1) is 9.83. The van der Waals surface area contributed by atoms with Crippen LogP contribution in [0.2, 0.25) is 16.6 Å². The summed E-state index contributed by atoms with van der Waals surface area (Å²) in [7, 11) is -2.79. The average molecular weight is 313 g/mol. The van der Waals surface area contributed by atoms with Gasteiger partial charge in [0.1, 0.15) is 5.78 Å². The van der Waals surface area contributed by atoms with Crippen LogP contribution in [0.5, 0.6) is 0 Å². The van der Waals surface area contributed by atoms with Crippen LogP contribution >= 0.6 is 0 Å². The van der Waals surface area contributed by atoms with Crippen LogP contribution in [0, 0.1) is 5.41 Å². The molecular formula is C18H33FOSi. The van der Waals surface area contributed by atoms with Crippen molar-refractivity contribution < 1.29 is 8.90 Å². The van der Waals surface area contributed by atoms with Crippen molar-refractivity contribution in [2.45, 2.75) is 102 Å². The molecule has 1 nitrogen and oxygen atoms in total. The zero-order valence-corrected chi connectivity index (χ0v) is 15.4. The normalized spacial score (nSPS) is 32.0. The molecule has 0 heterocycles. The molecule has 21 heavy (non-hydrogen) atoms. The third kappa shape index (κ3) is 3.13. The number of carbonyl (C=O) groups is 1. The zero-order chi connectivity index (χ0) is 15.7. The van der Waals surface area contributed by atoms with Gasteiger partial charge in [0.05, 0.1) is 0 Å². The molecule has 0 N–H and O–H groups in total. The van der Waals surface area contributed by atoms with Crippen LogP contribution in [-0.4, -0.2) is 14.2 Å². The topological polar surface area (TPSA) is 17.1 Å². The van der Waals surface area contributed by atoms with Gasteiger partial charge in [0, 0.05) is 11.8 Å². The number of hydrogen-bond acceptors (Lipinski definition) is 1. The molecule has 0 amide bonds. The van der Waals surface area contributed by atoms with E-state index in [-0.39, 0.29) is 22.0 Å². The van der Waals surface area contributed by atoms with E-state index in [1.165, 1.54) is 19.3 Å². The molecule has 2 aliphatic rings. The van der Waals surface area contributed by atoms with Crippen molar-refractivity contribution in [2.24, 2.45) is 5.41 Å². The number of Topliss-reactive ketones (excluding diaryl/α,β-unsaturated/α-hetero) is 1. The van der Waals surface area contributed by atoms with Crippen molar-refractivity contribution in [1.29, 1.82) is 0 Å². The van der Waals surface area contributed by atoms with E-state index in [1.54, 1.807) is 0 Å². The van der Waals surface area contributed by atoms with Gasteiger partial charge in [-0.15, -0.1) is 0 Å². The highest BCUT2D eigenvalue weighted by atomic mass is 28.4. The monoisotopic (exact) mass is 312 g/mol. The summed E-state index contributed by atoms with van der Waals surface area (Å²) in [5.74, 6) is 0.466. The highest BCUT2D eigenvalue weighted by Crippen LogP contribution is 2.58. The minimum absolute atomic E-state index is 0.140. The Hall–Kier alpha value is -0.183. The number of ketones is 1. The fourth-order valence-corrected chi connectivity index (χ4v) is 9.61. The molecule has 0 saturated heterocycles. The first-order valence-corrected chi connectivity index (χ1v) is 11.2. The SMILES string of the molecule is CC(C)[Si](F)(C(C)C)[C@@H]1CC[C@]2(CCCCCCC2=O)C1. The molecule has 2 rings (SSSR count). The zero-order valence-electron chi connectivity index (χ0n) is 14.4. The van der Waals surface area contributed by atoms with Crippen molar-refractivity contribution in [2.75, 3.05) is 0 Å². The molecule has 2 atom stereocenters. The molecule has 122 valence electrons. The van der Waals surface area contributed by atoms with Crippen LogP contribution in [-0.2, 0) is 4.79 Å². The van der Waals surface area contributed by atoms with E-state index in [0.717, 1.165) is 38.5 Å². The minimum Gasteiger partial charge on any atom is -0.313 e. The number of carbonyl (C=O) groups excluding carboxylic acids is 1. The van der Waals surface area contributed by atoms with E-state index >= 15 is 4.11 Å². The summed E-state index contributed by atoms with van der Waals surface area (Å²) in [6.07, 6.45) is 9.25. The van der Waals surface area contributed by atoms with E-state index in [0.29, 0.717) is 5.78 Å². The van der Waals surface area contributed by atoms with Crippen LogP contribution in [0.15, 0.2) is 0 Å². The summed E-state index contributed by atoms with van der Waals surface area (Å²) in [5, 5.41) is 0. The number of hydrogen-bond donors (Lipinski definition) is 0. The second-order valence-electron chi connectivity index (χ2n) is 8.19. The van der Waals surface area contributed by atoms with Crippen molar-refractivity contribution >= 4 is 14.2 Å². The lowest BCUT2D eigenvalue weighted by atomic mass is 9.74. The molecule has 1 spiro atoms. The van der Waals surface area contributed by atoms with Gasteiger partial charge in [-0.25, -0.2) is 0 Å². The van der Waals surface area contributed by atoms with Gasteiger partial charge >= 0.3 is 0 Å². The number of halogens is 1. The van der Waals surface area contributed by atoms with E-state index in [1.807, 2.05) is 0 Å². The van der Waals surface area contributed by atoms with Crippen LogP contribution in [0.3, 0.4) is 0 Å². The molecule has 2 saturated carbocycles. The lowest BCUT2D eigenvalue weighted by molar-refractivity contribution is -0.129. The van der Waals surface area contributed by atoms with Crippen LogP contribution in [0.4, 0.5) is 4.11 Å². The highest BCUT2D eigenvalue weighted by Gasteiger charge is 2.56. The van der Waals surface area contributed by atoms with Gasteiger partial charge in [-0.3, -0.25) is 4.79 Å². The molecule has 0 aromatic rings. The summed E-state index contributed by atoms with van der Waals surface area (Å²) >= 11 is 0. The maximum absolute atomic E-state index is 15.8. The Morgan fingerprint density at radius 2 is 1.67 bits per heavy atom. The predicted octanol–water partition coefficient (Wildman–Crippen LogP) is 6.19. The average Bonchev–Trinajstić information content (AvgIpc) is 2.85. The Bertz CT molecular complexity index is 371. The van der Waals surface area contributed by atoms with E-state index < -0.39 is 8.41 Å². The smallest absolute Gasteiger partial charge is 0.255 e. The van der Waals surface area contributed by atoms with Gasteiger partial charge in [-0.05, 0) is 48.7 Å². The van der Waals surface area contributed by atoms with Gasteiger partial charge in [-0.1, -0.05) is 47.0 Å². The third-order valence-electron chi connectivity index (χ3n) is 6.40. The van der Waals surface area contributed by atoms with E-state index in [2.05, 4.69) is 27.7 Å². The maximum atomic E-state index is 15.8. The molecule has 0 bridgehead atoms. The van der Waals surface area contributed by atoms with Gasteiger partial charge in [0.25, 0.3) is 8.41 Å². The quantitative estimate of drug-likeness (QED) is 0.449. The molecular weight excluding hydrogens is 279 g/mol.